The molecule has 0 unspecified atom stereocenters. The van der Waals surface area contributed by atoms with Gasteiger partial charge in [-0.3, -0.25) is 0 Å². The molecule has 0 aliphatic heterocycles. The first kappa shape index (κ1) is 73.8. The summed E-state index contributed by atoms with van der Waals surface area (Å²) in [5.74, 6) is 227. The Morgan fingerprint density at radius 2 is 0.170 bits per heavy atom. The number of hydrogen-bond donors (Lipinski definition) is 0. The van der Waals surface area contributed by atoms with Gasteiger partial charge in [-0.2, -0.15) is 0 Å². The Bertz CT molecular complexity index is 6510. The summed E-state index contributed by atoms with van der Waals surface area (Å²) in [4.78, 5) is 0. The molecular formula is C94H6. The van der Waals surface area contributed by atoms with Crippen molar-refractivity contribution in [2.75, 3.05) is 0 Å². The summed E-state index contributed by atoms with van der Waals surface area (Å²) in [6.07, 6.45) is 5.69. The predicted molar refractivity (Wildman–Crippen MR) is 369 cm³/mol. The van der Waals surface area contributed by atoms with Gasteiger partial charge in [-0.1, -0.05) is 12.8 Å². The average Bonchev–Trinajstić information content (AvgIpc) is 3.59. The molecule has 0 rings (SSSR count). The molecule has 0 heteroatoms. The van der Waals surface area contributed by atoms with Gasteiger partial charge in [0.1, 0.15) is 0 Å². The van der Waals surface area contributed by atoms with E-state index in [0.717, 1.165) is 6.42 Å². The molecule has 0 aromatic rings. The number of rotatable bonds is 0. The van der Waals surface area contributed by atoms with Crippen molar-refractivity contribution >= 4 is 0 Å². The van der Waals surface area contributed by atoms with Gasteiger partial charge in [0.15, 0.2) is 0 Å². The summed E-state index contributed by atoms with van der Waals surface area (Å²) in [6, 6.07) is 0. The van der Waals surface area contributed by atoms with Gasteiger partial charge in [0.2, 0.25) is 0 Å². The molecule has 0 saturated carbocycles. The lowest BCUT2D eigenvalue weighted by molar-refractivity contribution is 1.28. The molecule has 0 aliphatic carbocycles. The van der Waals surface area contributed by atoms with Crippen LogP contribution in [0.2, 0.25) is 0 Å². The zero-order valence-electron chi connectivity index (χ0n) is 47.8. The van der Waals surface area contributed by atoms with Crippen molar-refractivity contribution in [3.8, 4) is 545 Å². The zero-order valence-corrected chi connectivity index (χ0v) is 47.8. The van der Waals surface area contributed by atoms with E-state index in [1.165, 1.54) is 0 Å². The largest absolute Gasteiger partial charge is 0.106 e. The Morgan fingerprint density at radius 1 is 0.106 bits per heavy atom. The molecule has 94 heavy (non-hydrogen) atoms. The summed E-state index contributed by atoms with van der Waals surface area (Å²) in [5.41, 5.74) is 0. The van der Waals surface area contributed by atoms with Crippen LogP contribution in [0.5, 0.6) is 0 Å². The summed E-state index contributed by atoms with van der Waals surface area (Å²) < 4.78 is 0. The summed E-state index contributed by atoms with van der Waals surface area (Å²) >= 11 is 0. The minimum absolute atomic E-state index is 0.741. The lowest BCUT2D eigenvalue weighted by Gasteiger charge is -1.60. The fourth-order valence-corrected chi connectivity index (χ4v) is 2.89. The third-order valence-corrected chi connectivity index (χ3v) is 5.84. The van der Waals surface area contributed by atoms with Gasteiger partial charge in [0, 0.05) is 445 Å². The molecule has 0 bridgehead atoms. The van der Waals surface area contributed by atoms with E-state index in [0.29, 0.717) is 0 Å². The van der Waals surface area contributed by atoms with E-state index in [1.54, 1.807) is 0 Å². The first-order valence-electron chi connectivity index (χ1n) is 23.8. The molecule has 0 aliphatic rings. The normalized spacial score (nSPS) is 4.04. The third-order valence-electron chi connectivity index (χ3n) is 5.84. The van der Waals surface area contributed by atoms with Crippen LogP contribution in [0.3, 0.4) is 0 Å². The van der Waals surface area contributed by atoms with Gasteiger partial charge in [0.05, 0.1) is 0 Å². The fourth-order valence-electron chi connectivity index (χ4n) is 2.89. The van der Waals surface area contributed by atoms with Crippen LogP contribution in [0.4, 0.5) is 0 Å². The van der Waals surface area contributed by atoms with Crippen LogP contribution in [-0.4, -0.2) is 0 Å². The lowest BCUT2D eigenvalue weighted by atomic mass is 10.4. The van der Waals surface area contributed by atoms with Crippen molar-refractivity contribution in [1.29, 1.82) is 0 Å². The van der Waals surface area contributed by atoms with E-state index in [1.807, 2.05) is 6.92 Å². The molecule has 0 spiro atoms. The quantitative estimate of drug-likeness (QED) is 0.321. The van der Waals surface area contributed by atoms with Gasteiger partial charge in [-0.25, -0.2) is 0 Å². The smallest absolute Gasteiger partial charge is 0.00704 e. The molecule has 0 N–H and O–H groups in total. The fraction of sp³-hybridized carbons (Fsp3) is 0.0213. The van der Waals surface area contributed by atoms with Crippen molar-refractivity contribution in [1.82, 2.24) is 0 Å². The second-order valence-electron chi connectivity index (χ2n) is 11.8. The lowest BCUT2D eigenvalue weighted by Crippen LogP contribution is -1.57. The summed E-state index contributed by atoms with van der Waals surface area (Å²) in [6.45, 7) is 1.93. The van der Waals surface area contributed by atoms with E-state index in [-0.39, 0.29) is 0 Å². The van der Waals surface area contributed by atoms with Crippen LogP contribution < -0.4 is 0 Å². The molecule has 0 atom stereocenters. The highest BCUT2D eigenvalue weighted by Gasteiger charge is 1.66. The maximum absolute atomic E-state index is 4.95. The van der Waals surface area contributed by atoms with Crippen LogP contribution in [0.25, 0.3) is 0 Å². The Hall–Kier alpha value is -20.2. The average molecular weight is 1140 g/mol. The molecule has 0 aromatic heterocycles. The molecule has 0 radical (unpaired) electrons. The molecule has 0 fully saturated rings. The van der Waals surface area contributed by atoms with Gasteiger partial charge in [0.25, 0.3) is 0 Å². The van der Waals surface area contributed by atoms with E-state index in [4.69, 9.17) is 6.42 Å². The Morgan fingerprint density at radius 3 is 0.234 bits per heavy atom. The second kappa shape index (κ2) is 72.8. The van der Waals surface area contributed by atoms with Crippen LogP contribution in [0.1, 0.15) is 13.3 Å². The van der Waals surface area contributed by atoms with Crippen molar-refractivity contribution in [2.45, 2.75) is 13.3 Å². The van der Waals surface area contributed by atoms with E-state index < -0.39 is 0 Å². The Balaban J connectivity index is 4.63. The Labute approximate surface area is 555 Å². The van der Waals surface area contributed by atoms with Crippen LogP contribution in [-0.2, 0) is 0 Å². The van der Waals surface area contributed by atoms with Crippen LogP contribution in [0.15, 0.2) is 0 Å². The van der Waals surface area contributed by atoms with E-state index >= 15 is 0 Å². The highest BCUT2D eigenvalue weighted by Crippen LogP contribution is 1.68. The van der Waals surface area contributed by atoms with Crippen molar-refractivity contribution in [3.63, 3.8) is 0 Å². The molecule has 382 valence electrons. The van der Waals surface area contributed by atoms with Gasteiger partial charge < -0.3 is 0 Å². The maximum atomic E-state index is 4.95. The van der Waals surface area contributed by atoms with Crippen LogP contribution >= 0.6 is 0 Å². The van der Waals surface area contributed by atoms with Crippen molar-refractivity contribution in [2.24, 2.45) is 0 Å². The number of hydrogen-bond acceptors (Lipinski definition) is 0. The highest BCUT2D eigenvalue weighted by molar-refractivity contribution is 5.55. The maximum Gasteiger partial charge on any atom is 0.00704 e. The van der Waals surface area contributed by atoms with E-state index in [2.05, 4.69) is 539 Å². The van der Waals surface area contributed by atoms with Crippen LogP contribution in [0, 0.1) is 545 Å². The Kier molecular flexibility index (Phi) is 57.1. The molecule has 0 amide bonds. The van der Waals surface area contributed by atoms with Crippen molar-refractivity contribution in [3.05, 3.63) is 0 Å². The standard InChI is InChI=1S/C94H6/c1-3-5-7-9-11-13-15-17-19-21-23-25-27-29-31-33-35-37-39-41-43-45-47-49-51-53-55-57-59-61-63-65-67-69-71-73-75-77-79-81-83-85-87-89-91-93-94-92-90-88-86-84-82-80-78-76-74-72-70-68-66-64-62-60-58-56-54-52-50-48-46-44-42-40-38-36-34-32-30-28-26-24-22-20-18-16-14-12-10-8-6-4-2/h1H,4H2,2H3. The van der Waals surface area contributed by atoms with Crippen molar-refractivity contribution < 1.29 is 0 Å². The van der Waals surface area contributed by atoms with Gasteiger partial charge >= 0.3 is 0 Å². The molecule has 0 aromatic carbocycles. The highest BCUT2D eigenvalue weighted by atomic mass is 13.7. The van der Waals surface area contributed by atoms with Gasteiger partial charge in [-0.05, 0) is 94.7 Å². The molecule has 0 heterocycles. The molecule has 0 saturated heterocycles. The summed E-state index contributed by atoms with van der Waals surface area (Å²) in [5, 5.41) is 0. The SMILES string of the molecule is C#CC#CC#CC#CC#CC#CC#CC#CC#CC#CC#CC#CC#CC#CC#CC#CC#CC#CC#CC#CC#CC#CC#CC#CC#CC#CC#CC#CC#CC#CC#CC#CC#CC#CC#CC#CC#CC#CC#CC#CC#CC#CC#CC#CC#CC#CCC. The number of terminal acetylenes is 1. The monoisotopic (exact) mass is 1130 g/mol. The predicted octanol–water partition coefficient (Wildman–Crippen LogP) is 1.18. The molecule has 0 nitrogen and oxygen atoms in total. The topological polar surface area (TPSA) is 0 Å². The second-order valence-corrected chi connectivity index (χ2v) is 11.8. The first-order chi connectivity index (χ1) is 46.9. The minimum atomic E-state index is 0.741. The third kappa shape index (κ3) is 71.8. The molecular weight excluding hydrogens is 1130 g/mol. The van der Waals surface area contributed by atoms with E-state index in [9.17, 15) is 0 Å². The zero-order chi connectivity index (χ0) is 67.1. The summed E-state index contributed by atoms with van der Waals surface area (Å²) in [7, 11) is 0. The van der Waals surface area contributed by atoms with Gasteiger partial charge in [-0.15, -0.1) is 6.42 Å². The first-order valence-corrected chi connectivity index (χ1v) is 23.8. The minimum Gasteiger partial charge on any atom is -0.106 e.